The van der Waals surface area contributed by atoms with Crippen molar-refractivity contribution >= 4 is 19.8 Å². The summed E-state index contributed by atoms with van der Waals surface area (Å²) in [4.78, 5) is 34.9. The Morgan fingerprint density at radius 3 is 1.54 bits per heavy atom. The SMILES string of the molecule is CCCC/C=C\CCCCCCCC(=O)OCC(COP(=O)(O)OCCNC)OC(=O)CCCCCCCCC/C=C\CCCCCCCC. The number of hydrogen-bond donors (Lipinski definition) is 2. The molecule has 2 N–H and O–H groups in total. The first-order valence-corrected chi connectivity index (χ1v) is 21.8. The number of ether oxygens (including phenoxy) is 2. The minimum atomic E-state index is -4.34. The van der Waals surface area contributed by atoms with Crippen LogP contribution in [0.2, 0.25) is 0 Å². The monoisotopic (exact) mass is 730 g/mol. The Morgan fingerprint density at radius 2 is 1.04 bits per heavy atom. The van der Waals surface area contributed by atoms with Crippen LogP contribution in [0.3, 0.4) is 0 Å². The van der Waals surface area contributed by atoms with Crippen LogP contribution in [-0.2, 0) is 32.7 Å². The molecule has 0 fully saturated rings. The summed E-state index contributed by atoms with van der Waals surface area (Å²) >= 11 is 0. The van der Waals surface area contributed by atoms with Gasteiger partial charge in [-0.05, 0) is 64.8 Å². The van der Waals surface area contributed by atoms with Crippen molar-refractivity contribution in [2.75, 3.05) is 33.4 Å². The van der Waals surface area contributed by atoms with Crippen molar-refractivity contribution in [3.05, 3.63) is 24.3 Å². The number of hydrogen-bond acceptors (Lipinski definition) is 8. The summed E-state index contributed by atoms with van der Waals surface area (Å²) in [7, 11) is -2.65. The fourth-order valence-corrected chi connectivity index (χ4v) is 6.16. The van der Waals surface area contributed by atoms with Crippen LogP contribution in [0.1, 0.15) is 181 Å². The molecule has 10 heteroatoms. The van der Waals surface area contributed by atoms with E-state index in [0.717, 1.165) is 70.6 Å². The largest absolute Gasteiger partial charge is 0.472 e. The van der Waals surface area contributed by atoms with Crippen LogP contribution in [0.25, 0.3) is 0 Å². The first-order valence-electron chi connectivity index (χ1n) is 20.3. The van der Waals surface area contributed by atoms with Gasteiger partial charge < -0.3 is 19.7 Å². The highest BCUT2D eigenvalue weighted by Crippen LogP contribution is 2.43. The third-order valence-electron chi connectivity index (χ3n) is 8.54. The number of esters is 2. The number of likely N-dealkylation sites (N-methyl/N-ethyl adjacent to an activating group) is 1. The lowest BCUT2D eigenvalue weighted by Crippen LogP contribution is -2.29. The van der Waals surface area contributed by atoms with Gasteiger partial charge in [-0.25, -0.2) is 4.57 Å². The van der Waals surface area contributed by atoms with E-state index in [4.69, 9.17) is 18.5 Å². The number of carbonyl (C=O) groups is 2. The van der Waals surface area contributed by atoms with E-state index < -0.39 is 26.5 Å². The first-order chi connectivity index (χ1) is 24.3. The molecule has 0 bridgehead atoms. The van der Waals surface area contributed by atoms with Crippen LogP contribution < -0.4 is 5.32 Å². The van der Waals surface area contributed by atoms with Gasteiger partial charge in [0.25, 0.3) is 0 Å². The zero-order chi connectivity index (χ0) is 36.8. The molecule has 0 spiro atoms. The minimum Gasteiger partial charge on any atom is -0.462 e. The van der Waals surface area contributed by atoms with Gasteiger partial charge in [0.2, 0.25) is 0 Å². The minimum absolute atomic E-state index is 0.0181. The van der Waals surface area contributed by atoms with Gasteiger partial charge >= 0.3 is 19.8 Å². The second-order valence-corrected chi connectivity index (χ2v) is 14.9. The van der Waals surface area contributed by atoms with Crippen molar-refractivity contribution in [1.82, 2.24) is 5.32 Å². The second kappa shape index (κ2) is 37.3. The van der Waals surface area contributed by atoms with Crippen molar-refractivity contribution in [2.24, 2.45) is 0 Å². The maximum absolute atomic E-state index is 12.6. The highest BCUT2D eigenvalue weighted by atomic mass is 31.2. The van der Waals surface area contributed by atoms with Gasteiger partial charge in [-0.3, -0.25) is 18.6 Å². The van der Waals surface area contributed by atoms with E-state index in [-0.39, 0.29) is 32.0 Å². The molecule has 50 heavy (non-hydrogen) atoms. The van der Waals surface area contributed by atoms with E-state index in [1.165, 1.54) is 77.0 Å². The van der Waals surface area contributed by atoms with Crippen LogP contribution in [0.5, 0.6) is 0 Å². The molecule has 0 aliphatic carbocycles. The maximum Gasteiger partial charge on any atom is 0.472 e. The Balaban J connectivity index is 4.25. The lowest BCUT2D eigenvalue weighted by molar-refractivity contribution is -0.161. The Kier molecular flexibility index (Phi) is 36.1. The lowest BCUT2D eigenvalue weighted by atomic mass is 10.1. The van der Waals surface area contributed by atoms with Crippen LogP contribution in [0, 0.1) is 0 Å². The third kappa shape index (κ3) is 36.3. The van der Waals surface area contributed by atoms with Gasteiger partial charge in [0, 0.05) is 19.4 Å². The molecule has 2 atom stereocenters. The molecule has 0 saturated heterocycles. The number of carbonyl (C=O) groups excluding carboxylic acids is 2. The van der Waals surface area contributed by atoms with Gasteiger partial charge in [0.05, 0.1) is 13.2 Å². The van der Waals surface area contributed by atoms with Gasteiger partial charge in [-0.1, -0.05) is 134 Å². The Morgan fingerprint density at radius 1 is 0.600 bits per heavy atom. The number of phosphoric acid groups is 1. The van der Waals surface area contributed by atoms with Crippen LogP contribution in [-0.4, -0.2) is 56.3 Å². The third-order valence-corrected chi connectivity index (χ3v) is 9.53. The quantitative estimate of drug-likeness (QED) is 0.0277. The van der Waals surface area contributed by atoms with Crippen molar-refractivity contribution in [3.63, 3.8) is 0 Å². The summed E-state index contributed by atoms with van der Waals surface area (Å²) < 4.78 is 33.1. The number of nitrogens with one attached hydrogen (secondary N) is 1. The molecule has 0 heterocycles. The maximum atomic E-state index is 12.6. The van der Waals surface area contributed by atoms with E-state index >= 15 is 0 Å². The summed E-state index contributed by atoms with van der Waals surface area (Å²) in [6, 6.07) is 0. The van der Waals surface area contributed by atoms with Gasteiger partial charge in [-0.2, -0.15) is 0 Å². The average molecular weight is 730 g/mol. The van der Waals surface area contributed by atoms with Gasteiger partial charge in [-0.15, -0.1) is 0 Å². The van der Waals surface area contributed by atoms with Crippen LogP contribution >= 0.6 is 7.82 Å². The fourth-order valence-electron chi connectivity index (χ4n) is 5.41. The van der Waals surface area contributed by atoms with E-state index in [1.807, 2.05) is 0 Å². The summed E-state index contributed by atoms with van der Waals surface area (Å²) in [6.07, 6.45) is 36.5. The van der Waals surface area contributed by atoms with Crippen molar-refractivity contribution in [1.29, 1.82) is 0 Å². The normalized spacial score (nSPS) is 13.6. The lowest BCUT2D eigenvalue weighted by Gasteiger charge is -2.20. The molecule has 0 saturated carbocycles. The predicted octanol–water partition coefficient (Wildman–Crippen LogP) is 11.1. The molecule has 0 aromatic carbocycles. The highest BCUT2D eigenvalue weighted by Gasteiger charge is 2.26. The Labute approximate surface area is 306 Å². The Bertz CT molecular complexity index is 881. The summed E-state index contributed by atoms with van der Waals surface area (Å²) in [5, 5.41) is 2.82. The fraction of sp³-hybridized carbons (Fsp3) is 0.850. The smallest absolute Gasteiger partial charge is 0.462 e. The molecule has 0 amide bonds. The highest BCUT2D eigenvalue weighted by molar-refractivity contribution is 7.47. The number of phosphoric ester groups is 1. The van der Waals surface area contributed by atoms with Crippen molar-refractivity contribution in [3.8, 4) is 0 Å². The number of allylic oxidation sites excluding steroid dienone is 4. The molecule has 9 nitrogen and oxygen atoms in total. The number of unbranched alkanes of at least 4 members (excludes halogenated alkanes) is 20. The van der Waals surface area contributed by atoms with Crippen LogP contribution in [0.4, 0.5) is 0 Å². The van der Waals surface area contributed by atoms with Crippen LogP contribution in [0.15, 0.2) is 24.3 Å². The molecule has 0 rings (SSSR count). The Hall–Kier alpha value is -1.51. The predicted molar refractivity (Wildman–Crippen MR) is 206 cm³/mol. The van der Waals surface area contributed by atoms with E-state index in [0.29, 0.717) is 13.0 Å². The standard InChI is InChI=1S/C40H76NO8P/c1-4-6-8-10-12-14-16-17-18-19-20-21-23-25-27-29-31-33-40(43)49-38(37-48-50(44,45)47-35-34-41-3)36-46-39(42)32-30-28-26-24-22-15-13-11-9-7-5-2/h11,13,17-18,38,41H,4-10,12,14-16,19-37H2,1-3H3,(H,44,45)/b13-11-,18-17-. The van der Waals surface area contributed by atoms with E-state index in [2.05, 4.69) is 43.5 Å². The zero-order valence-electron chi connectivity index (χ0n) is 32.4. The first kappa shape index (κ1) is 48.5. The molecule has 0 aliphatic rings. The molecule has 294 valence electrons. The molecule has 0 aromatic heterocycles. The molecule has 0 aromatic rings. The van der Waals surface area contributed by atoms with Crippen molar-refractivity contribution < 1.29 is 37.6 Å². The molecular formula is C40H76NO8P. The topological polar surface area (TPSA) is 120 Å². The van der Waals surface area contributed by atoms with Gasteiger partial charge in [0.15, 0.2) is 6.10 Å². The second-order valence-electron chi connectivity index (χ2n) is 13.5. The van der Waals surface area contributed by atoms with Crippen molar-refractivity contribution in [2.45, 2.75) is 187 Å². The average Bonchev–Trinajstić information content (AvgIpc) is 3.09. The number of rotatable bonds is 38. The molecular weight excluding hydrogens is 653 g/mol. The van der Waals surface area contributed by atoms with E-state index in [1.54, 1.807) is 7.05 Å². The summed E-state index contributed by atoms with van der Waals surface area (Å²) in [6.45, 7) is 4.16. The van der Waals surface area contributed by atoms with Gasteiger partial charge in [0.1, 0.15) is 6.61 Å². The van der Waals surface area contributed by atoms with E-state index in [9.17, 15) is 19.0 Å². The summed E-state index contributed by atoms with van der Waals surface area (Å²) in [5.41, 5.74) is 0. The molecule has 0 aliphatic heterocycles. The molecule has 0 radical (unpaired) electrons. The molecule has 2 unspecified atom stereocenters. The summed E-state index contributed by atoms with van der Waals surface area (Å²) in [5.74, 6) is -0.821. The zero-order valence-corrected chi connectivity index (χ0v) is 33.2.